The highest BCUT2D eigenvalue weighted by Gasteiger charge is 2.15. The van der Waals surface area contributed by atoms with Gasteiger partial charge in [-0.2, -0.15) is 0 Å². The Labute approximate surface area is 163 Å². The summed E-state index contributed by atoms with van der Waals surface area (Å²) in [7, 11) is 1.79. The molecular weight excluding hydrogens is 342 g/mol. The van der Waals surface area contributed by atoms with Crippen LogP contribution in [0.3, 0.4) is 0 Å². The maximum atomic E-state index is 5.70. The van der Waals surface area contributed by atoms with Gasteiger partial charge in [0.05, 0.1) is 19.8 Å². The molecule has 0 aliphatic carbocycles. The van der Waals surface area contributed by atoms with Crippen LogP contribution in [0.5, 0.6) is 0 Å². The predicted molar refractivity (Wildman–Crippen MR) is 109 cm³/mol. The van der Waals surface area contributed by atoms with Gasteiger partial charge in [0.15, 0.2) is 5.96 Å². The minimum Gasteiger partial charge on any atom is -0.381 e. The average molecular weight is 378 g/mol. The Morgan fingerprint density at radius 2 is 1.81 bits per heavy atom. The summed E-state index contributed by atoms with van der Waals surface area (Å²) in [5.41, 5.74) is 1.32. The van der Waals surface area contributed by atoms with E-state index >= 15 is 0 Å². The molecule has 0 amide bonds. The molecule has 2 N–H and O–H groups in total. The van der Waals surface area contributed by atoms with Gasteiger partial charge < -0.3 is 24.8 Å². The Kier molecular flexibility index (Phi) is 11.6. The second-order valence-corrected chi connectivity index (χ2v) is 6.79. The third-order valence-electron chi connectivity index (χ3n) is 4.49. The molecule has 1 aliphatic heterocycles. The molecule has 27 heavy (non-hydrogen) atoms. The highest BCUT2D eigenvalue weighted by Crippen LogP contribution is 2.12. The second-order valence-electron chi connectivity index (χ2n) is 6.79. The van der Waals surface area contributed by atoms with Crippen molar-refractivity contribution in [1.82, 2.24) is 10.6 Å². The third kappa shape index (κ3) is 10.3. The fourth-order valence-corrected chi connectivity index (χ4v) is 2.88. The molecule has 6 nitrogen and oxygen atoms in total. The van der Waals surface area contributed by atoms with Gasteiger partial charge >= 0.3 is 0 Å². The number of rotatable bonds is 13. The maximum Gasteiger partial charge on any atom is 0.190 e. The highest BCUT2D eigenvalue weighted by molar-refractivity contribution is 5.79. The van der Waals surface area contributed by atoms with E-state index in [1.807, 2.05) is 6.07 Å². The van der Waals surface area contributed by atoms with E-state index < -0.39 is 0 Å². The summed E-state index contributed by atoms with van der Waals surface area (Å²) in [6, 6.07) is 10.4. The summed E-state index contributed by atoms with van der Waals surface area (Å²) in [6.45, 7) is 6.56. The van der Waals surface area contributed by atoms with Crippen molar-refractivity contribution in [1.29, 1.82) is 0 Å². The normalized spacial score (nSPS) is 17.2. The van der Waals surface area contributed by atoms with Crippen LogP contribution in [-0.2, 0) is 20.6 Å². The molecule has 1 aromatic rings. The zero-order valence-corrected chi connectivity index (χ0v) is 16.6. The van der Waals surface area contributed by atoms with Gasteiger partial charge in [-0.1, -0.05) is 30.3 Å². The number of benzene rings is 1. The molecule has 1 saturated heterocycles. The van der Waals surface area contributed by atoms with Crippen molar-refractivity contribution in [2.24, 2.45) is 10.9 Å². The van der Waals surface area contributed by atoms with Crippen LogP contribution in [0, 0.1) is 5.92 Å². The number of aliphatic imine (C=N–C) groups is 1. The number of guanidine groups is 1. The van der Waals surface area contributed by atoms with Gasteiger partial charge in [0.2, 0.25) is 0 Å². The summed E-state index contributed by atoms with van der Waals surface area (Å²) in [5, 5.41) is 6.63. The van der Waals surface area contributed by atoms with Gasteiger partial charge in [-0.15, -0.1) is 0 Å². The Morgan fingerprint density at radius 3 is 2.48 bits per heavy atom. The lowest BCUT2D eigenvalue weighted by Crippen LogP contribution is -2.38. The van der Waals surface area contributed by atoms with Gasteiger partial charge in [0.25, 0.3) is 0 Å². The van der Waals surface area contributed by atoms with Crippen LogP contribution in [-0.4, -0.2) is 65.7 Å². The van der Waals surface area contributed by atoms with E-state index in [0.29, 0.717) is 5.92 Å². The first kappa shape index (κ1) is 21.7. The third-order valence-corrected chi connectivity index (χ3v) is 4.49. The van der Waals surface area contributed by atoms with Crippen molar-refractivity contribution in [3.05, 3.63) is 35.9 Å². The molecule has 6 heteroatoms. The lowest BCUT2D eigenvalue weighted by atomic mass is 10.1. The summed E-state index contributed by atoms with van der Waals surface area (Å²) in [4.78, 5) is 4.24. The van der Waals surface area contributed by atoms with E-state index in [-0.39, 0.29) is 0 Å². The van der Waals surface area contributed by atoms with E-state index in [4.69, 9.17) is 14.2 Å². The topological polar surface area (TPSA) is 64.1 Å². The molecule has 0 aromatic heterocycles. The lowest BCUT2D eigenvalue weighted by molar-refractivity contribution is 0.0888. The zero-order valence-electron chi connectivity index (χ0n) is 16.6. The van der Waals surface area contributed by atoms with Crippen LogP contribution in [0.1, 0.15) is 24.8 Å². The van der Waals surface area contributed by atoms with Crippen molar-refractivity contribution < 1.29 is 14.2 Å². The molecule has 0 spiro atoms. The fourth-order valence-electron chi connectivity index (χ4n) is 2.88. The largest absolute Gasteiger partial charge is 0.381 e. The number of hydrogen-bond acceptors (Lipinski definition) is 4. The van der Waals surface area contributed by atoms with Crippen LogP contribution in [0.25, 0.3) is 0 Å². The standard InChI is InChI=1S/C21H35N3O3/c1-22-21(24-12-6-14-26-17-20-10-16-27-18-20)23-11-5-13-25-15-9-19-7-3-2-4-8-19/h2-4,7-8,20H,5-6,9-18H2,1H3,(H2,22,23,24). The van der Waals surface area contributed by atoms with E-state index in [1.165, 1.54) is 5.56 Å². The molecule has 0 bridgehead atoms. The van der Waals surface area contributed by atoms with Crippen LogP contribution in [0.4, 0.5) is 0 Å². The van der Waals surface area contributed by atoms with Crippen molar-refractivity contribution in [3.63, 3.8) is 0 Å². The predicted octanol–water partition coefficient (Wildman–Crippen LogP) is 2.24. The lowest BCUT2D eigenvalue weighted by Gasteiger charge is -2.12. The molecule has 2 rings (SSSR count). The first-order valence-corrected chi connectivity index (χ1v) is 10.1. The van der Waals surface area contributed by atoms with Crippen LogP contribution >= 0.6 is 0 Å². The Morgan fingerprint density at radius 1 is 1.07 bits per heavy atom. The molecule has 1 fully saturated rings. The second kappa shape index (κ2) is 14.4. The van der Waals surface area contributed by atoms with Crippen molar-refractivity contribution in [2.75, 3.05) is 59.8 Å². The number of nitrogens with one attached hydrogen (secondary N) is 2. The van der Waals surface area contributed by atoms with Gasteiger partial charge in [0.1, 0.15) is 0 Å². The average Bonchev–Trinajstić information content (AvgIpc) is 3.22. The Balaban J connectivity index is 1.37. The SMILES string of the molecule is CN=C(NCCCOCCc1ccccc1)NCCCOCC1CCOC1. The van der Waals surface area contributed by atoms with Gasteiger partial charge in [-0.3, -0.25) is 4.99 Å². The molecule has 1 unspecified atom stereocenters. The minimum atomic E-state index is 0.585. The number of ether oxygens (including phenoxy) is 3. The Hall–Kier alpha value is -1.63. The van der Waals surface area contributed by atoms with Crippen LogP contribution in [0.15, 0.2) is 35.3 Å². The van der Waals surface area contributed by atoms with Gasteiger partial charge in [0, 0.05) is 45.9 Å². The number of nitrogens with zero attached hydrogens (tertiary/aromatic N) is 1. The van der Waals surface area contributed by atoms with Crippen LogP contribution in [0.2, 0.25) is 0 Å². The van der Waals surface area contributed by atoms with Crippen molar-refractivity contribution in [2.45, 2.75) is 25.7 Å². The summed E-state index contributed by atoms with van der Waals surface area (Å²) in [5.74, 6) is 1.42. The molecule has 1 heterocycles. The summed E-state index contributed by atoms with van der Waals surface area (Å²) >= 11 is 0. The van der Waals surface area contributed by atoms with E-state index in [9.17, 15) is 0 Å². The van der Waals surface area contributed by atoms with Crippen molar-refractivity contribution >= 4 is 5.96 Å². The molecule has 152 valence electrons. The van der Waals surface area contributed by atoms with Gasteiger partial charge in [-0.05, 0) is 31.2 Å². The summed E-state index contributed by atoms with van der Waals surface area (Å²) in [6.07, 6.45) is 4.02. The maximum absolute atomic E-state index is 5.70. The first-order chi connectivity index (χ1) is 13.4. The molecular formula is C21H35N3O3. The monoisotopic (exact) mass is 377 g/mol. The van der Waals surface area contributed by atoms with E-state index in [2.05, 4.69) is 39.9 Å². The quantitative estimate of drug-likeness (QED) is 0.314. The number of hydrogen-bond donors (Lipinski definition) is 2. The van der Waals surface area contributed by atoms with E-state index in [0.717, 1.165) is 84.4 Å². The minimum absolute atomic E-state index is 0.585. The molecule has 0 saturated carbocycles. The zero-order chi connectivity index (χ0) is 19.0. The molecule has 0 radical (unpaired) electrons. The molecule has 1 aliphatic rings. The fraction of sp³-hybridized carbons (Fsp3) is 0.667. The van der Waals surface area contributed by atoms with E-state index in [1.54, 1.807) is 7.05 Å². The molecule has 1 atom stereocenters. The van der Waals surface area contributed by atoms with Gasteiger partial charge in [-0.25, -0.2) is 0 Å². The molecule has 1 aromatic carbocycles. The smallest absolute Gasteiger partial charge is 0.190 e. The first-order valence-electron chi connectivity index (χ1n) is 10.1. The van der Waals surface area contributed by atoms with Crippen molar-refractivity contribution in [3.8, 4) is 0 Å². The summed E-state index contributed by atoms with van der Waals surface area (Å²) < 4.78 is 16.7. The Bertz CT molecular complexity index is 505. The van der Waals surface area contributed by atoms with Crippen LogP contribution < -0.4 is 10.6 Å². The highest BCUT2D eigenvalue weighted by atomic mass is 16.5.